The summed E-state index contributed by atoms with van der Waals surface area (Å²) in [6.45, 7) is 1.47. The van der Waals surface area contributed by atoms with E-state index in [1.54, 1.807) is 36.5 Å². The van der Waals surface area contributed by atoms with Gasteiger partial charge >= 0.3 is 0 Å². The highest BCUT2D eigenvalue weighted by atomic mass is 32.2. The van der Waals surface area contributed by atoms with Crippen molar-refractivity contribution >= 4 is 15.9 Å². The number of pyridine rings is 1. The summed E-state index contributed by atoms with van der Waals surface area (Å²) < 4.78 is 28.1. The quantitative estimate of drug-likeness (QED) is 0.492. The number of amides is 1. The Morgan fingerprint density at radius 3 is 2.61 bits per heavy atom. The van der Waals surface area contributed by atoms with Gasteiger partial charge in [0.2, 0.25) is 15.9 Å². The molecular weight excluding hydrogens is 472 g/mol. The molecule has 36 heavy (non-hydrogen) atoms. The maximum atomic E-state index is 13.1. The summed E-state index contributed by atoms with van der Waals surface area (Å²) in [5, 5.41) is 3.31. The van der Waals surface area contributed by atoms with Gasteiger partial charge in [0, 0.05) is 43.5 Å². The number of fused-ring (bicyclic) bond motifs is 1. The van der Waals surface area contributed by atoms with Crippen molar-refractivity contribution in [2.45, 2.75) is 48.6 Å². The number of carbonyl (C=O) groups excluding carboxylic acids is 1. The third kappa shape index (κ3) is 5.83. The molecule has 5 rings (SSSR count). The number of hydrogen-bond acceptors (Lipinski definition) is 5. The van der Waals surface area contributed by atoms with Gasteiger partial charge in [0.05, 0.1) is 11.4 Å². The molecule has 3 atom stereocenters. The molecule has 2 aliphatic rings. The van der Waals surface area contributed by atoms with Crippen molar-refractivity contribution in [1.82, 2.24) is 19.9 Å². The van der Waals surface area contributed by atoms with Crippen LogP contribution in [0.15, 0.2) is 84.0 Å². The van der Waals surface area contributed by atoms with Crippen molar-refractivity contribution in [1.29, 1.82) is 0 Å². The second-order valence-corrected chi connectivity index (χ2v) is 11.5. The van der Waals surface area contributed by atoms with Crippen molar-refractivity contribution in [2.75, 3.05) is 19.6 Å². The maximum absolute atomic E-state index is 13.1. The molecule has 8 heteroatoms. The van der Waals surface area contributed by atoms with Crippen LogP contribution in [0, 0.1) is 0 Å². The zero-order valence-electron chi connectivity index (χ0n) is 20.2. The van der Waals surface area contributed by atoms with Gasteiger partial charge in [-0.3, -0.25) is 14.7 Å². The molecule has 1 aliphatic heterocycles. The van der Waals surface area contributed by atoms with Crippen molar-refractivity contribution in [3.8, 4) is 0 Å². The average Bonchev–Trinajstić information content (AvgIpc) is 3.32. The first kappa shape index (κ1) is 24.6. The molecule has 1 aliphatic carbocycles. The van der Waals surface area contributed by atoms with Gasteiger partial charge in [-0.15, -0.1) is 0 Å². The molecule has 7 nitrogen and oxygen atoms in total. The Bertz CT molecular complexity index is 1280. The molecule has 0 radical (unpaired) electrons. The van der Waals surface area contributed by atoms with E-state index in [9.17, 15) is 13.2 Å². The average molecular weight is 505 g/mol. The Kier molecular flexibility index (Phi) is 7.46. The van der Waals surface area contributed by atoms with Crippen molar-refractivity contribution < 1.29 is 13.2 Å². The Balaban J connectivity index is 1.20. The molecule has 2 aromatic carbocycles. The van der Waals surface area contributed by atoms with Crippen LogP contribution in [0.3, 0.4) is 0 Å². The third-order valence-electron chi connectivity index (χ3n) is 7.20. The minimum Gasteiger partial charge on any atom is -0.352 e. The van der Waals surface area contributed by atoms with E-state index in [4.69, 9.17) is 0 Å². The molecule has 188 valence electrons. The second kappa shape index (κ2) is 10.9. The lowest BCUT2D eigenvalue weighted by Gasteiger charge is -2.35. The van der Waals surface area contributed by atoms with Crippen LogP contribution >= 0.6 is 0 Å². The van der Waals surface area contributed by atoms with E-state index in [1.807, 2.05) is 17.2 Å². The number of carbonyl (C=O) groups is 1. The van der Waals surface area contributed by atoms with Crippen molar-refractivity contribution in [2.24, 2.45) is 0 Å². The molecule has 2 heterocycles. The standard InChI is InChI=1S/C28H32N4O3S/c33-28(20-32-16-14-23(19-32)31-36(34,35)24-9-2-1-3-10-24)30-27-13-12-22-8-4-5-11-25(22)26(27)17-21-7-6-15-29-18-21/h1-11,15,18,23,26-27,31H,12-14,16-17,19-20H2,(H,30,33)/t23?,26-,27+/m0/s1. The lowest BCUT2D eigenvalue weighted by Crippen LogP contribution is -2.46. The number of nitrogens with zero attached hydrogens (tertiary/aromatic N) is 2. The molecule has 1 fully saturated rings. The predicted octanol–water partition coefficient (Wildman–Crippen LogP) is 2.89. The summed E-state index contributed by atoms with van der Waals surface area (Å²) in [6, 6.07) is 20.8. The van der Waals surface area contributed by atoms with Gasteiger partial charge in [0.25, 0.3) is 0 Å². The van der Waals surface area contributed by atoms with Crippen molar-refractivity contribution in [3.05, 3.63) is 95.8 Å². The molecule has 1 aromatic heterocycles. The highest BCUT2D eigenvalue weighted by Crippen LogP contribution is 2.34. The first-order valence-electron chi connectivity index (χ1n) is 12.5. The van der Waals surface area contributed by atoms with E-state index >= 15 is 0 Å². The smallest absolute Gasteiger partial charge is 0.240 e. The Labute approximate surface area is 213 Å². The van der Waals surface area contributed by atoms with E-state index in [-0.39, 0.29) is 35.3 Å². The van der Waals surface area contributed by atoms with E-state index < -0.39 is 10.0 Å². The number of aromatic nitrogens is 1. The summed E-state index contributed by atoms with van der Waals surface area (Å²) in [4.78, 5) is 19.6. The largest absolute Gasteiger partial charge is 0.352 e. The zero-order valence-corrected chi connectivity index (χ0v) is 21.0. The van der Waals surface area contributed by atoms with E-state index in [1.165, 1.54) is 11.1 Å². The fourth-order valence-corrected chi connectivity index (χ4v) is 6.75. The van der Waals surface area contributed by atoms with Crippen LogP contribution in [0.4, 0.5) is 0 Å². The number of rotatable bonds is 8. The van der Waals surface area contributed by atoms with E-state index in [0.29, 0.717) is 19.5 Å². The molecule has 0 spiro atoms. The first-order chi connectivity index (χ1) is 17.5. The third-order valence-corrected chi connectivity index (χ3v) is 8.74. The van der Waals surface area contributed by atoms with Gasteiger partial charge < -0.3 is 5.32 Å². The van der Waals surface area contributed by atoms with Crippen LogP contribution in [0.25, 0.3) is 0 Å². The summed E-state index contributed by atoms with van der Waals surface area (Å²) >= 11 is 0. The predicted molar refractivity (Wildman–Crippen MR) is 139 cm³/mol. The fraction of sp³-hybridized carbons (Fsp3) is 0.357. The first-order valence-corrected chi connectivity index (χ1v) is 14.0. The molecule has 3 aromatic rings. The van der Waals surface area contributed by atoms with Gasteiger partial charge in [0.15, 0.2) is 0 Å². The van der Waals surface area contributed by atoms with Crippen LogP contribution < -0.4 is 10.0 Å². The molecular formula is C28H32N4O3S. The van der Waals surface area contributed by atoms with Gasteiger partial charge in [0.1, 0.15) is 0 Å². The normalized spacial score (nSPS) is 22.2. The maximum Gasteiger partial charge on any atom is 0.240 e. The number of hydrogen-bond donors (Lipinski definition) is 2. The van der Waals surface area contributed by atoms with Gasteiger partial charge in [-0.1, -0.05) is 48.5 Å². The van der Waals surface area contributed by atoms with Crippen LogP contribution in [-0.2, 0) is 27.7 Å². The topological polar surface area (TPSA) is 91.4 Å². The van der Waals surface area contributed by atoms with Gasteiger partial charge in [-0.2, -0.15) is 0 Å². The number of nitrogens with one attached hydrogen (secondary N) is 2. The highest BCUT2D eigenvalue weighted by Gasteiger charge is 2.32. The Hall–Kier alpha value is -3.07. The SMILES string of the molecule is O=C(CN1CCC(NS(=O)(=O)c2ccccc2)C1)N[C@@H]1CCc2ccccc2[C@@H]1Cc1cccnc1. The number of aryl methyl sites for hydroxylation is 1. The Morgan fingerprint density at radius 1 is 1.00 bits per heavy atom. The zero-order chi connectivity index (χ0) is 25.0. The molecule has 1 unspecified atom stereocenters. The molecule has 2 N–H and O–H groups in total. The number of sulfonamides is 1. The molecule has 0 saturated carbocycles. The van der Waals surface area contributed by atoms with Crippen LogP contribution in [-0.4, -0.2) is 55.9 Å². The van der Waals surface area contributed by atoms with Crippen LogP contribution in [0.2, 0.25) is 0 Å². The summed E-state index contributed by atoms with van der Waals surface area (Å²) in [5.74, 6) is 0.175. The highest BCUT2D eigenvalue weighted by molar-refractivity contribution is 7.89. The number of likely N-dealkylation sites (tertiary alicyclic amines) is 1. The summed E-state index contributed by atoms with van der Waals surface area (Å²) in [7, 11) is -3.57. The molecule has 1 amide bonds. The van der Waals surface area contributed by atoms with E-state index in [0.717, 1.165) is 24.8 Å². The lowest BCUT2D eigenvalue weighted by atomic mass is 9.76. The molecule has 1 saturated heterocycles. The van der Waals surface area contributed by atoms with Gasteiger partial charge in [-0.05, 0) is 60.6 Å². The van der Waals surface area contributed by atoms with E-state index in [2.05, 4.69) is 45.4 Å². The lowest BCUT2D eigenvalue weighted by molar-refractivity contribution is -0.123. The minimum absolute atomic E-state index is 0.0119. The monoisotopic (exact) mass is 504 g/mol. The molecule has 0 bridgehead atoms. The van der Waals surface area contributed by atoms with Gasteiger partial charge in [-0.25, -0.2) is 13.1 Å². The number of benzene rings is 2. The summed E-state index contributed by atoms with van der Waals surface area (Å²) in [6.07, 6.45) is 7.02. The summed E-state index contributed by atoms with van der Waals surface area (Å²) in [5.41, 5.74) is 3.81. The fourth-order valence-electron chi connectivity index (χ4n) is 5.47. The second-order valence-electron chi connectivity index (χ2n) is 9.74. The minimum atomic E-state index is -3.57. The van der Waals surface area contributed by atoms with Crippen LogP contribution in [0.1, 0.15) is 35.4 Å². The van der Waals surface area contributed by atoms with Crippen LogP contribution in [0.5, 0.6) is 0 Å². The van der Waals surface area contributed by atoms with Crippen molar-refractivity contribution in [3.63, 3.8) is 0 Å². The Morgan fingerprint density at radius 2 is 1.81 bits per heavy atom.